The number of ether oxygens (including phenoxy) is 1. The molecule has 0 bridgehead atoms. The minimum absolute atomic E-state index is 0.0447. The van der Waals surface area contributed by atoms with Crippen LogP contribution in [0.3, 0.4) is 0 Å². The number of amides is 1. The van der Waals surface area contributed by atoms with Crippen molar-refractivity contribution in [3.05, 3.63) is 22.1 Å². The smallest absolute Gasteiger partial charge is 0.299 e. The predicted molar refractivity (Wildman–Crippen MR) is 67.7 cm³/mol. The Bertz CT molecular complexity index is 478. The van der Waals surface area contributed by atoms with Gasteiger partial charge >= 0.3 is 0 Å². The number of hydrogen-bond donors (Lipinski definition) is 0. The Labute approximate surface area is 106 Å². The molecule has 0 radical (unpaired) electrons. The molecule has 0 unspecified atom stereocenters. The summed E-state index contributed by atoms with van der Waals surface area (Å²) >= 11 is 0. The average Bonchev–Trinajstić information content (AvgIpc) is 2.33. The first-order valence-electron chi connectivity index (χ1n) is 5.93. The van der Waals surface area contributed by atoms with Gasteiger partial charge in [-0.05, 0) is 20.8 Å². The Hall–Kier alpha value is -1.85. The van der Waals surface area contributed by atoms with Gasteiger partial charge in [0.15, 0.2) is 0 Å². The summed E-state index contributed by atoms with van der Waals surface area (Å²) in [4.78, 5) is 29.5. The van der Waals surface area contributed by atoms with Gasteiger partial charge in [-0.3, -0.25) is 14.2 Å². The highest BCUT2D eigenvalue weighted by atomic mass is 16.5. The van der Waals surface area contributed by atoms with Gasteiger partial charge in [0.2, 0.25) is 5.91 Å². The maximum absolute atomic E-state index is 12.0. The second-order valence-electron chi connectivity index (χ2n) is 3.87. The van der Waals surface area contributed by atoms with E-state index >= 15 is 0 Å². The van der Waals surface area contributed by atoms with E-state index in [0.29, 0.717) is 18.8 Å². The molecule has 6 heteroatoms. The Balaban J connectivity index is 3.04. The first kappa shape index (κ1) is 14.2. The molecule has 0 atom stereocenters. The zero-order valence-corrected chi connectivity index (χ0v) is 11.3. The molecule has 1 heterocycles. The van der Waals surface area contributed by atoms with Crippen molar-refractivity contribution in [2.75, 3.05) is 20.2 Å². The van der Waals surface area contributed by atoms with Crippen molar-refractivity contribution < 1.29 is 9.53 Å². The zero-order valence-electron chi connectivity index (χ0n) is 11.3. The van der Waals surface area contributed by atoms with E-state index in [4.69, 9.17) is 4.74 Å². The molecule has 0 N–H and O–H groups in total. The van der Waals surface area contributed by atoms with Crippen molar-refractivity contribution in [1.82, 2.24) is 14.5 Å². The number of hydrogen-bond acceptors (Lipinski definition) is 4. The molecule has 0 aliphatic heterocycles. The third-order valence-corrected chi connectivity index (χ3v) is 2.69. The normalized spacial score (nSPS) is 10.2. The molecule has 18 heavy (non-hydrogen) atoms. The summed E-state index contributed by atoms with van der Waals surface area (Å²) in [5.41, 5.74) is 0.295. The molecule has 0 aromatic carbocycles. The molecule has 0 spiro atoms. The lowest BCUT2D eigenvalue weighted by Gasteiger charge is -2.19. The molecular weight excluding hydrogens is 234 g/mol. The minimum atomic E-state index is -0.278. The van der Waals surface area contributed by atoms with E-state index in [1.807, 2.05) is 13.8 Å². The lowest BCUT2D eigenvalue weighted by molar-refractivity contribution is -0.131. The number of aryl methyl sites for hydroxylation is 1. The van der Waals surface area contributed by atoms with Crippen LogP contribution in [0.1, 0.15) is 19.5 Å². The van der Waals surface area contributed by atoms with Gasteiger partial charge in [0, 0.05) is 24.8 Å². The maximum Gasteiger partial charge on any atom is 0.299 e. The van der Waals surface area contributed by atoms with Gasteiger partial charge in [-0.2, -0.15) is 0 Å². The van der Waals surface area contributed by atoms with Crippen molar-refractivity contribution in [3.63, 3.8) is 0 Å². The van der Waals surface area contributed by atoms with Crippen LogP contribution in [0, 0.1) is 6.92 Å². The molecule has 0 saturated carbocycles. The number of rotatable bonds is 5. The second kappa shape index (κ2) is 6.18. The summed E-state index contributed by atoms with van der Waals surface area (Å²) in [6.45, 7) is 6.69. The van der Waals surface area contributed by atoms with Gasteiger partial charge in [-0.1, -0.05) is 0 Å². The quantitative estimate of drug-likeness (QED) is 0.763. The highest BCUT2D eigenvalue weighted by Gasteiger charge is 2.15. The molecule has 0 fully saturated rings. The molecule has 6 nitrogen and oxygen atoms in total. The van der Waals surface area contributed by atoms with E-state index in [1.54, 1.807) is 11.8 Å². The third kappa shape index (κ3) is 3.09. The summed E-state index contributed by atoms with van der Waals surface area (Å²) < 4.78 is 6.28. The van der Waals surface area contributed by atoms with Crippen LogP contribution in [0.2, 0.25) is 0 Å². The standard InChI is InChI=1S/C12H19N3O3/c1-5-14(6-2)11(17)8-15-10(16)7-9(3)13-12(15)18-4/h7H,5-6,8H2,1-4H3. The third-order valence-electron chi connectivity index (χ3n) is 2.69. The number of carbonyl (C=O) groups excluding carboxylic acids is 1. The monoisotopic (exact) mass is 253 g/mol. The molecule has 1 aromatic heterocycles. The van der Waals surface area contributed by atoms with Gasteiger partial charge in [0.05, 0.1) is 7.11 Å². The largest absolute Gasteiger partial charge is 0.468 e. The fourth-order valence-corrected chi connectivity index (χ4v) is 1.71. The summed E-state index contributed by atoms with van der Waals surface area (Å²) in [6, 6.07) is 1.55. The number of methoxy groups -OCH3 is 1. The summed E-state index contributed by atoms with van der Waals surface area (Å²) in [6.07, 6.45) is 0. The fourth-order valence-electron chi connectivity index (χ4n) is 1.71. The van der Waals surface area contributed by atoms with Crippen molar-refractivity contribution in [2.45, 2.75) is 27.3 Å². The lowest BCUT2D eigenvalue weighted by Crippen LogP contribution is -2.36. The highest BCUT2D eigenvalue weighted by molar-refractivity contribution is 5.76. The Morgan fingerprint density at radius 3 is 2.56 bits per heavy atom. The van der Waals surface area contributed by atoms with Crippen molar-refractivity contribution in [2.24, 2.45) is 0 Å². The SMILES string of the molecule is CCN(CC)C(=O)Cn1c(OC)nc(C)cc1=O. The number of carbonyl (C=O) groups is 1. The van der Waals surface area contributed by atoms with Crippen LogP contribution >= 0.6 is 0 Å². The molecule has 1 aromatic rings. The van der Waals surface area contributed by atoms with E-state index in [-0.39, 0.29) is 24.0 Å². The molecular formula is C12H19N3O3. The first-order valence-corrected chi connectivity index (χ1v) is 5.93. The van der Waals surface area contributed by atoms with Crippen molar-refractivity contribution >= 4 is 5.91 Å². The van der Waals surface area contributed by atoms with Gasteiger partial charge in [-0.25, -0.2) is 4.98 Å². The van der Waals surface area contributed by atoms with E-state index in [9.17, 15) is 9.59 Å². The Morgan fingerprint density at radius 2 is 2.06 bits per heavy atom. The van der Waals surface area contributed by atoms with E-state index in [0.717, 1.165) is 0 Å². The van der Waals surface area contributed by atoms with Crippen LogP contribution in [0.15, 0.2) is 10.9 Å². The van der Waals surface area contributed by atoms with Crippen LogP contribution in [0.25, 0.3) is 0 Å². The minimum Gasteiger partial charge on any atom is -0.468 e. The van der Waals surface area contributed by atoms with E-state index < -0.39 is 0 Å². The Kier molecular flexibility index (Phi) is 4.88. The molecule has 1 amide bonds. The van der Waals surface area contributed by atoms with Crippen LogP contribution in [0.5, 0.6) is 6.01 Å². The number of likely N-dealkylation sites (N-methyl/N-ethyl adjacent to an activating group) is 1. The van der Waals surface area contributed by atoms with Gasteiger partial charge in [-0.15, -0.1) is 0 Å². The molecule has 0 aliphatic rings. The molecule has 0 saturated heterocycles. The van der Waals surface area contributed by atoms with Crippen LogP contribution in [-0.4, -0.2) is 40.6 Å². The number of nitrogens with zero attached hydrogens (tertiary/aromatic N) is 3. The lowest BCUT2D eigenvalue weighted by atomic mass is 10.4. The zero-order chi connectivity index (χ0) is 13.7. The molecule has 1 rings (SSSR count). The van der Waals surface area contributed by atoms with Crippen molar-refractivity contribution in [1.29, 1.82) is 0 Å². The molecule has 0 aliphatic carbocycles. The topological polar surface area (TPSA) is 64.4 Å². The van der Waals surface area contributed by atoms with Gasteiger partial charge in [0.25, 0.3) is 11.6 Å². The first-order chi connectivity index (χ1) is 8.53. The summed E-state index contributed by atoms with van der Waals surface area (Å²) in [5, 5.41) is 0. The van der Waals surface area contributed by atoms with E-state index in [2.05, 4.69) is 4.98 Å². The van der Waals surface area contributed by atoms with Crippen molar-refractivity contribution in [3.8, 4) is 6.01 Å². The van der Waals surface area contributed by atoms with Crippen LogP contribution < -0.4 is 10.3 Å². The van der Waals surface area contributed by atoms with E-state index in [1.165, 1.54) is 17.7 Å². The Morgan fingerprint density at radius 1 is 1.44 bits per heavy atom. The van der Waals surface area contributed by atoms with Gasteiger partial charge in [0.1, 0.15) is 6.54 Å². The average molecular weight is 253 g/mol. The predicted octanol–water partition coefficient (Wildman–Crippen LogP) is 0.429. The molecule has 100 valence electrons. The summed E-state index contributed by atoms with van der Waals surface area (Å²) in [5.74, 6) is -0.119. The van der Waals surface area contributed by atoms with Gasteiger partial charge < -0.3 is 9.64 Å². The number of aromatic nitrogens is 2. The maximum atomic E-state index is 12.0. The van der Waals surface area contributed by atoms with Crippen LogP contribution in [0.4, 0.5) is 0 Å². The highest BCUT2D eigenvalue weighted by Crippen LogP contribution is 2.05. The van der Waals surface area contributed by atoms with Crippen LogP contribution in [-0.2, 0) is 11.3 Å². The fraction of sp³-hybridized carbons (Fsp3) is 0.583. The summed E-state index contributed by atoms with van der Waals surface area (Å²) in [7, 11) is 1.43. The second-order valence-corrected chi connectivity index (χ2v) is 3.87.